The summed E-state index contributed by atoms with van der Waals surface area (Å²) in [6.45, 7) is 0. The quantitative estimate of drug-likeness (QED) is 0.293. The minimum absolute atomic E-state index is 0.352. The van der Waals surface area contributed by atoms with Crippen molar-refractivity contribution in [3.05, 3.63) is 66.7 Å². The molecule has 21 heavy (non-hydrogen) atoms. The molecule has 1 heteroatoms. The number of phenolic OH excluding ortho intramolecular Hbond substituents is 1. The Morgan fingerprint density at radius 3 is 1.95 bits per heavy atom. The molecular formula is C20H12O. The van der Waals surface area contributed by atoms with E-state index in [0.717, 1.165) is 5.39 Å². The lowest BCUT2D eigenvalue weighted by Crippen LogP contribution is -1.86. The Labute approximate surface area is 121 Å². The summed E-state index contributed by atoms with van der Waals surface area (Å²) in [4.78, 5) is 0. The molecule has 5 aromatic rings. The van der Waals surface area contributed by atoms with E-state index in [-0.39, 0.29) is 0 Å². The third-order valence-corrected chi connectivity index (χ3v) is 4.51. The van der Waals surface area contributed by atoms with Crippen LogP contribution in [0.1, 0.15) is 0 Å². The summed E-state index contributed by atoms with van der Waals surface area (Å²) in [6, 6.07) is 22.9. The van der Waals surface area contributed by atoms with Crippen molar-refractivity contribution in [3.63, 3.8) is 0 Å². The van der Waals surface area contributed by atoms with Gasteiger partial charge in [0, 0.05) is 10.8 Å². The van der Waals surface area contributed by atoms with Crippen molar-refractivity contribution < 1.29 is 5.11 Å². The van der Waals surface area contributed by atoms with Gasteiger partial charge in [-0.05, 0) is 38.4 Å². The summed E-state index contributed by atoms with van der Waals surface area (Å²) >= 11 is 0. The first-order chi connectivity index (χ1) is 10.3. The number of hydrogen-bond donors (Lipinski definition) is 1. The van der Waals surface area contributed by atoms with Gasteiger partial charge in [-0.1, -0.05) is 60.7 Å². The highest BCUT2D eigenvalue weighted by atomic mass is 16.3. The zero-order valence-corrected chi connectivity index (χ0v) is 11.3. The van der Waals surface area contributed by atoms with Gasteiger partial charge < -0.3 is 5.11 Å². The highest BCUT2D eigenvalue weighted by Gasteiger charge is 2.14. The van der Waals surface area contributed by atoms with Crippen molar-refractivity contribution in [3.8, 4) is 5.75 Å². The second-order valence-electron chi connectivity index (χ2n) is 5.57. The molecule has 5 aromatic carbocycles. The van der Waals surface area contributed by atoms with Gasteiger partial charge in [-0.25, -0.2) is 0 Å². The number of phenols is 1. The van der Waals surface area contributed by atoms with Crippen LogP contribution in [0.2, 0.25) is 0 Å². The van der Waals surface area contributed by atoms with Crippen molar-refractivity contribution >= 4 is 43.1 Å². The molecule has 0 aromatic heterocycles. The van der Waals surface area contributed by atoms with Crippen LogP contribution in [-0.2, 0) is 0 Å². The topological polar surface area (TPSA) is 20.2 Å². The number of benzene rings is 5. The molecule has 0 aliphatic rings. The SMILES string of the molecule is Oc1ccc2c3ccccc3c3cccc4ccc1c2c43. The number of fused-ring (bicyclic) bond motifs is 3. The van der Waals surface area contributed by atoms with Gasteiger partial charge >= 0.3 is 0 Å². The summed E-state index contributed by atoms with van der Waals surface area (Å²) in [5.41, 5.74) is 0. The fraction of sp³-hybridized carbons (Fsp3) is 0. The van der Waals surface area contributed by atoms with Gasteiger partial charge in [0.1, 0.15) is 5.75 Å². The molecule has 5 rings (SSSR count). The van der Waals surface area contributed by atoms with E-state index in [4.69, 9.17) is 0 Å². The lowest BCUT2D eigenvalue weighted by Gasteiger charge is -2.15. The number of rotatable bonds is 0. The van der Waals surface area contributed by atoms with Gasteiger partial charge in [0.15, 0.2) is 0 Å². The van der Waals surface area contributed by atoms with E-state index in [2.05, 4.69) is 48.5 Å². The van der Waals surface area contributed by atoms with Crippen LogP contribution in [0.25, 0.3) is 43.1 Å². The Morgan fingerprint density at radius 2 is 1.14 bits per heavy atom. The van der Waals surface area contributed by atoms with Gasteiger partial charge in [0.2, 0.25) is 0 Å². The molecule has 0 radical (unpaired) electrons. The molecule has 98 valence electrons. The lowest BCUT2D eigenvalue weighted by molar-refractivity contribution is 0.482. The second kappa shape index (κ2) is 3.64. The Bertz CT molecular complexity index is 1140. The molecule has 0 fully saturated rings. The maximum absolute atomic E-state index is 10.2. The van der Waals surface area contributed by atoms with Crippen LogP contribution in [-0.4, -0.2) is 5.11 Å². The zero-order valence-electron chi connectivity index (χ0n) is 11.3. The molecule has 0 bridgehead atoms. The van der Waals surface area contributed by atoms with Crippen LogP contribution >= 0.6 is 0 Å². The maximum atomic E-state index is 10.2. The molecule has 0 unspecified atom stereocenters. The van der Waals surface area contributed by atoms with Crippen molar-refractivity contribution in [2.75, 3.05) is 0 Å². The van der Waals surface area contributed by atoms with E-state index in [0.29, 0.717) is 5.75 Å². The second-order valence-corrected chi connectivity index (χ2v) is 5.57. The summed E-state index contributed by atoms with van der Waals surface area (Å²) in [5, 5.41) is 19.8. The van der Waals surface area contributed by atoms with Crippen LogP contribution in [0.3, 0.4) is 0 Å². The van der Waals surface area contributed by atoms with E-state index in [9.17, 15) is 5.11 Å². The van der Waals surface area contributed by atoms with Gasteiger partial charge in [-0.15, -0.1) is 0 Å². The van der Waals surface area contributed by atoms with Crippen LogP contribution in [0.15, 0.2) is 66.7 Å². The number of hydrogen-bond acceptors (Lipinski definition) is 1. The fourth-order valence-electron chi connectivity index (χ4n) is 3.61. The fourth-order valence-corrected chi connectivity index (χ4v) is 3.61. The van der Waals surface area contributed by atoms with Gasteiger partial charge in [0.25, 0.3) is 0 Å². The lowest BCUT2D eigenvalue weighted by atomic mass is 9.89. The summed E-state index contributed by atoms with van der Waals surface area (Å²) in [6.07, 6.45) is 0. The third kappa shape index (κ3) is 1.26. The van der Waals surface area contributed by atoms with Crippen molar-refractivity contribution in [1.29, 1.82) is 0 Å². The maximum Gasteiger partial charge on any atom is 0.123 e. The predicted octanol–water partition coefficient (Wildman–Crippen LogP) is 5.44. The summed E-state index contributed by atoms with van der Waals surface area (Å²) < 4.78 is 0. The Hall–Kier alpha value is -2.80. The molecule has 0 amide bonds. The van der Waals surface area contributed by atoms with Gasteiger partial charge in [0.05, 0.1) is 0 Å². The van der Waals surface area contributed by atoms with E-state index in [1.807, 2.05) is 12.1 Å². The smallest absolute Gasteiger partial charge is 0.123 e. The first kappa shape index (κ1) is 10.9. The van der Waals surface area contributed by atoms with Crippen LogP contribution < -0.4 is 0 Å². The van der Waals surface area contributed by atoms with Crippen LogP contribution in [0, 0.1) is 0 Å². The Morgan fingerprint density at radius 1 is 0.476 bits per heavy atom. The van der Waals surface area contributed by atoms with Crippen molar-refractivity contribution in [2.24, 2.45) is 0 Å². The zero-order chi connectivity index (χ0) is 14.0. The van der Waals surface area contributed by atoms with Gasteiger partial charge in [-0.3, -0.25) is 0 Å². The molecule has 0 atom stereocenters. The van der Waals surface area contributed by atoms with E-state index in [1.165, 1.54) is 37.7 Å². The molecule has 0 heterocycles. The molecule has 0 saturated heterocycles. The monoisotopic (exact) mass is 268 g/mol. The Kier molecular flexibility index (Phi) is 1.90. The highest BCUT2D eigenvalue weighted by Crippen LogP contribution is 2.42. The molecule has 0 spiro atoms. The predicted molar refractivity (Wildman–Crippen MR) is 89.3 cm³/mol. The molecule has 0 aliphatic heterocycles. The molecular weight excluding hydrogens is 256 g/mol. The largest absolute Gasteiger partial charge is 0.507 e. The first-order valence-corrected chi connectivity index (χ1v) is 7.12. The van der Waals surface area contributed by atoms with E-state index >= 15 is 0 Å². The minimum atomic E-state index is 0.352. The van der Waals surface area contributed by atoms with Gasteiger partial charge in [-0.2, -0.15) is 0 Å². The molecule has 1 nitrogen and oxygen atoms in total. The average Bonchev–Trinajstić information content (AvgIpc) is 2.54. The first-order valence-electron chi connectivity index (χ1n) is 7.12. The third-order valence-electron chi connectivity index (χ3n) is 4.51. The average molecular weight is 268 g/mol. The highest BCUT2D eigenvalue weighted by molar-refractivity contribution is 6.34. The standard InChI is InChI=1S/C20H12O/c21-18-11-10-16-14-6-2-1-5-13(14)15-7-3-4-12-8-9-17(18)20(16)19(12)15/h1-11,21H. The Balaban J connectivity index is 2.31. The van der Waals surface area contributed by atoms with Crippen molar-refractivity contribution in [1.82, 2.24) is 0 Å². The summed E-state index contributed by atoms with van der Waals surface area (Å²) in [5.74, 6) is 0.352. The normalized spacial score (nSPS) is 12.0. The van der Waals surface area contributed by atoms with E-state index in [1.54, 1.807) is 6.07 Å². The molecule has 1 N–H and O–H groups in total. The molecule has 0 saturated carbocycles. The number of aromatic hydroxyl groups is 1. The van der Waals surface area contributed by atoms with Crippen LogP contribution in [0.4, 0.5) is 0 Å². The van der Waals surface area contributed by atoms with Crippen molar-refractivity contribution in [2.45, 2.75) is 0 Å². The summed E-state index contributed by atoms with van der Waals surface area (Å²) in [7, 11) is 0. The molecule has 0 aliphatic carbocycles. The minimum Gasteiger partial charge on any atom is -0.507 e. The van der Waals surface area contributed by atoms with Crippen LogP contribution in [0.5, 0.6) is 5.75 Å². The van der Waals surface area contributed by atoms with E-state index < -0.39 is 0 Å².